The van der Waals surface area contributed by atoms with Crippen LogP contribution < -0.4 is 0 Å². The Morgan fingerprint density at radius 2 is 0.851 bits per heavy atom. The van der Waals surface area contributed by atoms with E-state index in [-0.39, 0.29) is 117 Å². The normalized spacial score (nSPS) is 21.6. The lowest BCUT2D eigenvalue weighted by Gasteiger charge is -2.26. The molecule has 4 aromatic heterocycles. The number of sulfonamides is 2. The van der Waals surface area contributed by atoms with Gasteiger partial charge in [-0.1, -0.05) is 0 Å². The second kappa shape index (κ2) is 19.9. The first-order chi connectivity index (χ1) is 34.9. The van der Waals surface area contributed by atoms with E-state index in [1.165, 1.54) is 12.1 Å². The summed E-state index contributed by atoms with van der Waals surface area (Å²) in [5, 5.41) is 0. The minimum atomic E-state index is -4.71. The summed E-state index contributed by atoms with van der Waals surface area (Å²) in [5.41, 5.74) is 0.706. The van der Waals surface area contributed by atoms with Crippen LogP contribution in [-0.2, 0) is 54.8 Å². The van der Waals surface area contributed by atoms with Crippen LogP contribution in [0.2, 0.25) is 0 Å². The van der Waals surface area contributed by atoms with E-state index in [0.29, 0.717) is 12.8 Å². The zero-order valence-corrected chi connectivity index (χ0v) is 39.6. The number of carbonyl (C=O) groups excluding carboxylic acids is 2. The summed E-state index contributed by atoms with van der Waals surface area (Å²) >= 11 is 0. The summed E-state index contributed by atoms with van der Waals surface area (Å²) in [7, 11) is -8.06. The molecule has 74 heavy (non-hydrogen) atoms. The molecule has 6 aromatic rings. The zero-order chi connectivity index (χ0) is 53.1. The van der Waals surface area contributed by atoms with Crippen molar-refractivity contribution in [3.63, 3.8) is 0 Å². The molecule has 4 aliphatic rings. The van der Waals surface area contributed by atoms with Gasteiger partial charge in [0, 0.05) is 61.8 Å². The second-order valence-corrected chi connectivity index (χ2v) is 21.9. The number of rotatable bonds is 14. The van der Waals surface area contributed by atoms with Crippen molar-refractivity contribution >= 4 is 31.6 Å². The summed E-state index contributed by atoms with van der Waals surface area (Å²) in [6.07, 6.45) is -2.96. The molecule has 6 atom stereocenters. The Morgan fingerprint density at radius 3 is 1.18 bits per heavy atom. The highest BCUT2D eigenvalue weighted by molar-refractivity contribution is 7.89. The van der Waals surface area contributed by atoms with Gasteiger partial charge in [0.2, 0.25) is 31.7 Å². The molecule has 10 rings (SSSR count). The standard InChI is InChI=1S/2C24H19F5N4O3S/c2*25-16-2-4-17(5-3-16)37(35,36)33-12-14-7-18(14)22(33)21(34)6-1-13-8-20(30-11-19(13)26)15-9-31-23(32-10-15)24(27,28)29/h2*2-5,8-11,14,18,22H,1,6-7,12H2/t2*14?,18-,22-/m00/s1. The van der Waals surface area contributed by atoms with Gasteiger partial charge in [0.15, 0.2) is 11.6 Å². The topological polar surface area (TPSA) is 186 Å². The van der Waals surface area contributed by atoms with E-state index < -0.39 is 79.4 Å². The Bertz CT molecular complexity index is 3120. The number of aromatic nitrogens is 6. The van der Waals surface area contributed by atoms with E-state index in [2.05, 4.69) is 29.9 Å². The van der Waals surface area contributed by atoms with Crippen LogP contribution in [0.5, 0.6) is 0 Å². The summed E-state index contributed by atoms with van der Waals surface area (Å²) in [4.78, 5) is 46.9. The molecular formula is C48H38F10N8O6S2. The van der Waals surface area contributed by atoms with Gasteiger partial charge in [-0.05, 0) is 121 Å². The zero-order valence-electron chi connectivity index (χ0n) is 38.0. The first-order valence-electron chi connectivity index (χ1n) is 22.6. The largest absolute Gasteiger partial charge is 0.451 e. The fraction of sp³-hybridized carbons (Fsp3) is 0.333. The first kappa shape index (κ1) is 52.2. The smallest absolute Gasteiger partial charge is 0.298 e. The molecule has 2 aliphatic carbocycles. The van der Waals surface area contributed by atoms with Crippen LogP contribution in [0.1, 0.15) is 48.5 Å². The molecule has 0 bridgehead atoms. The van der Waals surface area contributed by atoms with Crippen LogP contribution in [-0.4, -0.2) is 92.1 Å². The van der Waals surface area contributed by atoms with Crippen molar-refractivity contribution in [3.05, 3.63) is 144 Å². The first-order valence-corrected chi connectivity index (χ1v) is 25.5. The molecule has 4 fully saturated rings. The number of aryl methyl sites for hydroxylation is 2. The third-order valence-corrected chi connectivity index (χ3v) is 17.0. The fourth-order valence-electron chi connectivity index (χ4n) is 9.31. The number of alkyl halides is 6. The number of Topliss-reactive ketones (excluding diaryl/α,β-unsaturated/α-hetero) is 2. The van der Waals surface area contributed by atoms with Gasteiger partial charge in [0.25, 0.3) is 0 Å². The van der Waals surface area contributed by atoms with Crippen molar-refractivity contribution in [1.82, 2.24) is 38.5 Å². The number of pyridine rings is 2. The van der Waals surface area contributed by atoms with Crippen molar-refractivity contribution in [3.8, 4) is 22.5 Å². The average molecular weight is 1080 g/mol. The van der Waals surface area contributed by atoms with Gasteiger partial charge in [0.1, 0.15) is 23.3 Å². The SMILES string of the molecule is O=C(CCc1cc(-c2cnc(C(F)(F)F)nc2)ncc1F)[C@@H]1[C@H]2CC2CN1S(=O)(=O)c1ccc(F)cc1.O=C(CCc1cc(-c2cnc(C(F)(F)F)nc2)ncc1F)[C@@H]1[C@H]2CC2CN1S(=O)(=O)c1ccc(F)cc1. The van der Waals surface area contributed by atoms with Gasteiger partial charge < -0.3 is 0 Å². The molecule has 6 heterocycles. The molecular weight excluding hydrogens is 1040 g/mol. The Morgan fingerprint density at radius 1 is 0.514 bits per heavy atom. The number of nitrogens with zero attached hydrogens (tertiary/aromatic N) is 8. The van der Waals surface area contributed by atoms with Gasteiger partial charge in [-0.15, -0.1) is 0 Å². The molecule has 0 radical (unpaired) electrons. The number of fused-ring (bicyclic) bond motifs is 2. The van der Waals surface area contributed by atoms with Crippen molar-refractivity contribution < 1.29 is 70.3 Å². The van der Waals surface area contributed by atoms with Crippen LogP contribution in [0.15, 0.2) is 108 Å². The highest BCUT2D eigenvalue weighted by Crippen LogP contribution is 2.53. The summed E-state index contributed by atoms with van der Waals surface area (Å²) < 4.78 is 187. The van der Waals surface area contributed by atoms with Gasteiger partial charge in [-0.25, -0.2) is 54.3 Å². The lowest BCUT2D eigenvalue weighted by Crippen LogP contribution is -2.43. The molecule has 2 aliphatic heterocycles. The lowest BCUT2D eigenvalue weighted by molar-refractivity contribution is -0.145. The molecule has 2 aromatic carbocycles. The molecule has 26 heteroatoms. The van der Waals surface area contributed by atoms with E-state index >= 15 is 0 Å². The van der Waals surface area contributed by atoms with Gasteiger partial charge in [-0.3, -0.25) is 19.6 Å². The van der Waals surface area contributed by atoms with Gasteiger partial charge in [0.05, 0.1) is 45.7 Å². The predicted molar refractivity (Wildman–Crippen MR) is 238 cm³/mol. The number of hydrogen-bond acceptors (Lipinski definition) is 12. The second-order valence-electron chi connectivity index (χ2n) is 18.1. The fourth-order valence-corrected chi connectivity index (χ4v) is 12.7. The van der Waals surface area contributed by atoms with E-state index in [9.17, 15) is 70.3 Å². The molecule has 388 valence electrons. The van der Waals surface area contributed by atoms with Crippen LogP contribution in [0.4, 0.5) is 43.9 Å². The molecule has 0 spiro atoms. The lowest BCUT2D eigenvalue weighted by atomic mass is 10.0. The van der Waals surface area contributed by atoms with E-state index in [0.717, 1.165) is 94.3 Å². The van der Waals surface area contributed by atoms with E-state index in [4.69, 9.17) is 0 Å². The number of ketones is 2. The Labute approximate surface area is 415 Å². The third-order valence-electron chi connectivity index (χ3n) is 13.3. The van der Waals surface area contributed by atoms with Crippen LogP contribution in [0.3, 0.4) is 0 Å². The van der Waals surface area contributed by atoms with Gasteiger partial charge >= 0.3 is 12.4 Å². The highest BCUT2D eigenvalue weighted by atomic mass is 32.2. The average Bonchev–Trinajstić information content (AvgIpc) is 4.24. The Balaban J connectivity index is 0.000000182. The predicted octanol–water partition coefficient (Wildman–Crippen LogP) is 8.09. The maximum absolute atomic E-state index is 14.4. The maximum Gasteiger partial charge on any atom is 0.451 e. The number of halogens is 10. The highest BCUT2D eigenvalue weighted by Gasteiger charge is 2.59. The monoisotopic (exact) mass is 1080 g/mol. The van der Waals surface area contributed by atoms with Crippen molar-refractivity contribution in [2.24, 2.45) is 23.7 Å². The number of hydrogen-bond donors (Lipinski definition) is 0. The molecule has 2 saturated carbocycles. The minimum absolute atomic E-state index is 0.0631. The molecule has 0 N–H and O–H groups in total. The number of carbonyl (C=O) groups is 2. The number of benzene rings is 2. The van der Waals surface area contributed by atoms with Crippen molar-refractivity contribution in [2.45, 2.75) is 72.8 Å². The molecule has 2 unspecified atom stereocenters. The summed E-state index contributed by atoms with van der Waals surface area (Å²) in [6, 6.07) is 9.54. The number of piperidine rings is 2. The summed E-state index contributed by atoms with van der Waals surface area (Å²) in [6.45, 7) is 0.366. The quantitative estimate of drug-likeness (QED) is 0.0957. The van der Waals surface area contributed by atoms with Crippen LogP contribution in [0.25, 0.3) is 22.5 Å². The molecule has 14 nitrogen and oxygen atoms in total. The van der Waals surface area contributed by atoms with Gasteiger partial charge in [-0.2, -0.15) is 35.0 Å². The maximum atomic E-state index is 14.4. The van der Waals surface area contributed by atoms with E-state index in [1.54, 1.807) is 0 Å². The van der Waals surface area contributed by atoms with Crippen LogP contribution >= 0.6 is 0 Å². The third kappa shape index (κ3) is 10.9. The Hall–Kier alpha value is -6.64. The van der Waals surface area contributed by atoms with E-state index in [1.807, 2.05) is 0 Å². The molecule has 0 amide bonds. The Kier molecular flexibility index (Phi) is 14.0. The summed E-state index contributed by atoms with van der Waals surface area (Å²) in [5.74, 6) is -6.09. The minimum Gasteiger partial charge on any atom is -0.298 e. The van der Waals surface area contributed by atoms with Crippen molar-refractivity contribution in [1.29, 1.82) is 0 Å². The van der Waals surface area contributed by atoms with Crippen molar-refractivity contribution in [2.75, 3.05) is 13.1 Å². The van der Waals surface area contributed by atoms with Crippen LogP contribution in [0, 0.1) is 46.9 Å². The molecule has 2 saturated heterocycles.